The summed E-state index contributed by atoms with van der Waals surface area (Å²) in [5, 5.41) is 0.716. The van der Waals surface area contributed by atoms with Crippen molar-refractivity contribution in [2.45, 2.75) is 23.6 Å². The van der Waals surface area contributed by atoms with E-state index in [0.717, 1.165) is 11.1 Å². The average Bonchev–Trinajstić information content (AvgIpc) is 2.49. The number of hydrogen-bond donors (Lipinski definition) is 1. The third kappa shape index (κ3) is 4.40. The Morgan fingerprint density at radius 1 is 1.05 bits per heavy atom. The van der Waals surface area contributed by atoms with E-state index in [9.17, 15) is 8.42 Å². The first-order valence-corrected chi connectivity index (χ1v) is 9.32. The highest BCUT2D eigenvalue weighted by Gasteiger charge is 2.13. The summed E-state index contributed by atoms with van der Waals surface area (Å²) in [5.74, 6) is 0. The fraction of sp³-hybridized carbons (Fsp3) is 0.250. The quantitative estimate of drug-likeness (QED) is 0.795. The fourth-order valence-electron chi connectivity index (χ4n) is 2.05. The van der Waals surface area contributed by atoms with E-state index in [0.29, 0.717) is 23.2 Å². The number of halogens is 1. The Morgan fingerprint density at radius 2 is 1.71 bits per heavy atom. The van der Waals surface area contributed by atoms with E-state index in [2.05, 4.69) is 20.7 Å². The summed E-state index contributed by atoms with van der Waals surface area (Å²) in [6.45, 7) is 2.43. The molecule has 0 saturated carbocycles. The number of alkyl halides is 1. The van der Waals surface area contributed by atoms with Gasteiger partial charge in [-0.25, -0.2) is 13.1 Å². The van der Waals surface area contributed by atoms with E-state index >= 15 is 0 Å². The van der Waals surface area contributed by atoms with E-state index in [-0.39, 0.29) is 0 Å². The highest BCUT2D eigenvalue weighted by molar-refractivity contribution is 9.08. The van der Waals surface area contributed by atoms with Crippen molar-refractivity contribution in [2.24, 2.45) is 0 Å². The van der Waals surface area contributed by atoms with Crippen molar-refractivity contribution >= 4 is 26.0 Å². The van der Waals surface area contributed by atoms with Crippen LogP contribution < -0.4 is 4.72 Å². The molecule has 0 fully saturated rings. The van der Waals surface area contributed by atoms with Crippen molar-refractivity contribution in [3.63, 3.8) is 0 Å². The van der Waals surface area contributed by atoms with Crippen LogP contribution in [-0.4, -0.2) is 15.0 Å². The van der Waals surface area contributed by atoms with E-state index in [4.69, 9.17) is 0 Å². The van der Waals surface area contributed by atoms with Gasteiger partial charge in [0, 0.05) is 11.9 Å². The minimum Gasteiger partial charge on any atom is -0.211 e. The van der Waals surface area contributed by atoms with E-state index in [1.54, 1.807) is 12.1 Å². The predicted octanol–water partition coefficient (Wildman–Crippen LogP) is 3.41. The van der Waals surface area contributed by atoms with Gasteiger partial charge in [0.1, 0.15) is 0 Å². The van der Waals surface area contributed by atoms with Gasteiger partial charge in [0.05, 0.1) is 4.90 Å². The molecule has 0 aromatic heterocycles. The Hall–Kier alpha value is -1.17. The van der Waals surface area contributed by atoms with Crippen LogP contribution in [-0.2, 0) is 21.8 Å². The first-order chi connectivity index (χ1) is 10.0. The molecule has 0 saturated heterocycles. The van der Waals surface area contributed by atoms with Crippen molar-refractivity contribution < 1.29 is 8.42 Å². The first-order valence-electron chi connectivity index (χ1n) is 6.72. The molecular weight excluding hydrogens is 350 g/mol. The number of hydrogen-bond acceptors (Lipinski definition) is 2. The summed E-state index contributed by atoms with van der Waals surface area (Å²) in [7, 11) is -3.43. The molecule has 0 aliphatic rings. The lowest BCUT2D eigenvalue weighted by Crippen LogP contribution is -2.26. The molecule has 112 valence electrons. The summed E-state index contributed by atoms with van der Waals surface area (Å²) < 4.78 is 27.0. The molecule has 0 spiro atoms. The molecule has 0 radical (unpaired) electrons. The van der Waals surface area contributed by atoms with E-state index < -0.39 is 10.0 Å². The average molecular weight is 368 g/mol. The van der Waals surface area contributed by atoms with Crippen LogP contribution >= 0.6 is 15.9 Å². The SMILES string of the molecule is Cc1ccccc1CCNS(=O)(=O)c1ccc(CBr)cc1. The van der Waals surface area contributed by atoms with Gasteiger partial charge in [0.15, 0.2) is 0 Å². The smallest absolute Gasteiger partial charge is 0.211 e. The van der Waals surface area contributed by atoms with Crippen LogP contribution in [0.25, 0.3) is 0 Å². The van der Waals surface area contributed by atoms with Gasteiger partial charge < -0.3 is 0 Å². The molecule has 21 heavy (non-hydrogen) atoms. The molecule has 5 heteroatoms. The highest BCUT2D eigenvalue weighted by Crippen LogP contribution is 2.13. The second-order valence-electron chi connectivity index (χ2n) is 4.85. The van der Waals surface area contributed by atoms with Gasteiger partial charge in [-0.2, -0.15) is 0 Å². The van der Waals surface area contributed by atoms with Gasteiger partial charge in [0.2, 0.25) is 10.0 Å². The molecule has 0 aliphatic heterocycles. The number of benzene rings is 2. The van der Waals surface area contributed by atoms with Crippen LogP contribution in [0.1, 0.15) is 16.7 Å². The predicted molar refractivity (Wildman–Crippen MR) is 89.1 cm³/mol. The zero-order valence-corrected chi connectivity index (χ0v) is 14.2. The summed E-state index contributed by atoms with van der Waals surface area (Å²) in [6, 6.07) is 14.9. The molecule has 0 atom stereocenters. The van der Waals surface area contributed by atoms with Crippen molar-refractivity contribution in [3.8, 4) is 0 Å². The molecule has 0 aliphatic carbocycles. The van der Waals surface area contributed by atoms with Crippen molar-refractivity contribution in [2.75, 3.05) is 6.54 Å². The van der Waals surface area contributed by atoms with Crippen LogP contribution in [0.2, 0.25) is 0 Å². The monoisotopic (exact) mass is 367 g/mol. The summed E-state index contributed by atoms with van der Waals surface area (Å²) in [4.78, 5) is 0.303. The third-order valence-corrected chi connectivity index (χ3v) is 5.46. The Kier molecular flexibility index (Phi) is 5.56. The first kappa shape index (κ1) is 16.2. The van der Waals surface area contributed by atoms with E-state index in [1.807, 2.05) is 43.3 Å². The molecule has 1 N–H and O–H groups in total. The topological polar surface area (TPSA) is 46.2 Å². The number of aryl methyl sites for hydroxylation is 1. The van der Waals surface area contributed by atoms with Gasteiger partial charge in [-0.1, -0.05) is 52.3 Å². The lowest BCUT2D eigenvalue weighted by atomic mass is 10.1. The van der Waals surface area contributed by atoms with Crippen LogP contribution in [0, 0.1) is 6.92 Å². The molecular formula is C16H18BrNO2S. The molecule has 2 rings (SSSR count). The van der Waals surface area contributed by atoms with Crippen molar-refractivity contribution in [1.82, 2.24) is 4.72 Å². The number of sulfonamides is 1. The Balaban J connectivity index is 1.99. The zero-order chi connectivity index (χ0) is 15.3. The summed E-state index contributed by atoms with van der Waals surface area (Å²) in [5.41, 5.74) is 3.39. The Bertz CT molecular complexity index is 696. The summed E-state index contributed by atoms with van der Waals surface area (Å²) in [6.07, 6.45) is 0.686. The molecule has 2 aromatic rings. The standard InChI is InChI=1S/C16H18BrNO2S/c1-13-4-2-3-5-15(13)10-11-18-21(19,20)16-8-6-14(12-17)7-9-16/h2-9,18H,10-12H2,1H3. The summed E-state index contributed by atoms with van der Waals surface area (Å²) >= 11 is 3.34. The lowest BCUT2D eigenvalue weighted by molar-refractivity contribution is 0.581. The van der Waals surface area contributed by atoms with Crippen molar-refractivity contribution in [3.05, 3.63) is 65.2 Å². The maximum atomic E-state index is 12.2. The van der Waals surface area contributed by atoms with Gasteiger partial charge in [0.25, 0.3) is 0 Å². The number of rotatable bonds is 6. The second-order valence-corrected chi connectivity index (χ2v) is 7.18. The van der Waals surface area contributed by atoms with Crippen molar-refractivity contribution in [1.29, 1.82) is 0 Å². The molecule has 0 unspecified atom stereocenters. The highest BCUT2D eigenvalue weighted by atomic mass is 79.9. The van der Waals surface area contributed by atoms with Gasteiger partial charge in [-0.3, -0.25) is 0 Å². The van der Waals surface area contributed by atoms with Crippen LogP contribution in [0.15, 0.2) is 53.4 Å². The lowest BCUT2D eigenvalue weighted by Gasteiger charge is -2.09. The zero-order valence-electron chi connectivity index (χ0n) is 11.8. The molecule has 0 amide bonds. The minimum atomic E-state index is -3.43. The van der Waals surface area contributed by atoms with Crippen LogP contribution in [0.4, 0.5) is 0 Å². The van der Waals surface area contributed by atoms with Crippen LogP contribution in [0.5, 0.6) is 0 Å². The molecule has 3 nitrogen and oxygen atoms in total. The van der Waals surface area contributed by atoms with Gasteiger partial charge in [-0.05, 0) is 42.2 Å². The molecule has 0 heterocycles. The van der Waals surface area contributed by atoms with Gasteiger partial charge >= 0.3 is 0 Å². The van der Waals surface area contributed by atoms with E-state index in [1.165, 1.54) is 5.56 Å². The largest absolute Gasteiger partial charge is 0.240 e. The fourth-order valence-corrected chi connectivity index (χ4v) is 3.46. The number of nitrogens with one attached hydrogen (secondary N) is 1. The van der Waals surface area contributed by atoms with Crippen LogP contribution in [0.3, 0.4) is 0 Å². The Morgan fingerprint density at radius 3 is 2.33 bits per heavy atom. The maximum Gasteiger partial charge on any atom is 0.240 e. The van der Waals surface area contributed by atoms with Gasteiger partial charge in [-0.15, -0.1) is 0 Å². The third-order valence-electron chi connectivity index (χ3n) is 3.34. The molecule has 2 aromatic carbocycles. The second kappa shape index (κ2) is 7.20. The maximum absolute atomic E-state index is 12.2. The normalized spacial score (nSPS) is 11.5. The Labute approximate surface area is 134 Å². The minimum absolute atomic E-state index is 0.303. The molecule has 0 bridgehead atoms.